The predicted molar refractivity (Wildman–Crippen MR) is 116 cm³/mol. The number of aldehydes is 1. The fourth-order valence-electron chi connectivity index (χ4n) is 8.73. The zero-order chi connectivity index (χ0) is 21.0. The molecule has 4 aliphatic carbocycles. The number of carbonyl (C=O) groups excluding carboxylic acids is 2. The van der Waals surface area contributed by atoms with Crippen molar-refractivity contribution in [3.63, 3.8) is 0 Å². The maximum atomic E-state index is 12.6. The number of fused-ring (bicyclic) bond motifs is 5. The highest BCUT2D eigenvalue weighted by Gasteiger charge is 2.62. The Morgan fingerprint density at radius 1 is 1.07 bits per heavy atom. The van der Waals surface area contributed by atoms with Crippen LogP contribution in [0.5, 0.6) is 0 Å². The summed E-state index contributed by atoms with van der Waals surface area (Å²) < 4.78 is 0. The van der Waals surface area contributed by atoms with E-state index >= 15 is 0 Å². The summed E-state index contributed by atoms with van der Waals surface area (Å²) in [6, 6.07) is 0.846. The molecule has 9 unspecified atom stereocenters. The number of nitrogens with zero attached hydrogens (tertiary/aromatic N) is 1. The lowest BCUT2D eigenvalue weighted by atomic mass is 9.44. The maximum absolute atomic E-state index is 12.6. The van der Waals surface area contributed by atoms with Gasteiger partial charge >= 0.3 is 0 Å². The Morgan fingerprint density at radius 3 is 2.48 bits per heavy atom. The van der Waals surface area contributed by atoms with E-state index in [4.69, 9.17) is 0 Å². The van der Waals surface area contributed by atoms with E-state index in [9.17, 15) is 9.59 Å². The molecule has 1 amide bonds. The summed E-state index contributed by atoms with van der Waals surface area (Å²) in [5.74, 6) is 3.46. The first-order valence-corrected chi connectivity index (χ1v) is 12.1. The molecule has 0 saturated heterocycles. The van der Waals surface area contributed by atoms with Gasteiger partial charge in [-0.2, -0.15) is 0 Å². The standard InChI is InChI=1S/C25H42N2O2/c1-16(27(4)5)21-8-9-23-20-7-6-18-14-19(26-17(2)29)10-12-24(18,3)22(20)11-13-25(21,23)15-28/h15-16,18-23H,6-14H2,1-5H3,(H,26,29). The summed E-state index contributed by atoms with van der Waals surface area (Å²) in [5, 5.41) is 3.20. The Hall–Kier alpha value is -0.900. The van der Waals surface area contributed by atoms with Gasteiger partial charge in [0.2, 0.25) is 5.91 Å². The van der Waals surface area contributed by atoms with Gasteiger partial charge in [-0.05, 0) is 114 Å². The molecule has 4 saturated carbocycles. The van der Waals surface area contributed by atoms with Crippen molar-refractivity contribution in [2.24, 2.45) is 40.4 Å². The molecule has 0 aliphatic heterocycles. The molecule has 4 heteroatoms. The third kappa shape index (κ3) is 3.28. The van der Waals surface area contributed by atoms with E-state index in [0.29, 0.717) is 29.3 Å². The van der Waals surface area contributed by atoms with Gasteiger partial charge in [0.1, 0.15) is 6.29 Å². The molecule has 0 aromatic heterocycles. The van der Waals surface area contributed by atoms with Crippen LogP contribution in [-0.4, -0.2) is 43.3 Å². The smallest absolute Gasteiger partial charge is 0.217 e. The molecule has 0 heterocycles. The third-order valence-corrected chi connectivity index (χ3v) is 10.3. The molecule has 1 N–H and O–H groups in total. The molecule has 4 nitrogen and oxygen atoms in total. The van der Waals surface area contributed by atoms with Crippen molar-refractivity contribution in [3.05, 3.63) is 0 Å². The van der Waals surface area contributed by atoms with E-state index in [-0.39, 0.29) is 11.3 Å². The molecular formula is C25H42N2O2. The minimum atomic E-state index is -0.0819. The van der Waals surface area contributed by atoms with Gasteiger partial charge in [0.15, 0.2) is 0 Å². The van der Waals surface area contributed by atoms with Crippen molar-refractivity contribution in [2.75, 3.05) is 14.1 Å². The van der Waals surface area contributed by atoms with Crippen molar-refractivity contribution < 1.29 is 9.59 Å². The van der Waals surface area contributed by atoms with Gasteiger partial charge < -0.3 is 15.0 Å². The van der Waals surface area contributed by atoms with E-state index in [1.807, 2.05) is 0 Å². The third-order valence-electron chi connectivity index (χ3n) is 10.3. The number of hydrogen-bond donors (Lipinski definition) is 1. The number of nitrogens with one attached hydrogen (secondary N) is 1. The summed E-state index contributed by atoms with van der Waals surface area (Å²) in [6.45, 7) is 6.53. The van der Waals surface area contributed by atoms with Crippen LogP contribution in [0.4, 0.5) is 0 Å². The fourth-order valence-corrected chi connectivity index (χ4v) is 8.73. The van der Waals surface area contributed by atoms with Gasteiger partial charge in [-0.1, -0.05) is 6.92 Å². The second-order valence-corrected chi connectivity index (χ2v) is 11.5. The predicted octanol–water partition coefficient (Wildman–Crippen LogP) is 4.28. The topological polar surface area (TPSA) is 49.4 Å². The SMILES string of the molecule is CC(=O)NC1CCC2(C)C(CCC3C2CCC2(C=O)C3CCC2C(C)N(C)C)C1. The highest BCUT2D eigenvalue weighted by atomic mass is 16.1. The van der Waals surface area contributed by atoms with Gasteiger partial charge in [-0.25, -0.2) is 0 Å². The Balaban J connectivity index is 1.55. The van der Waals surface area contributed by atoms with E-state index in [0.717, 1.165) is 37.0 Å². The molecule has 29 heavy (non-hydrogen) atoms. The second-order valence-electron chi connectivity index (χ2n) is 11.5. The van der Waals surface area contributed by atoms with Crippen LogP contribution in [0.3, 0.4) is 0 Å². The van der Waals surface area contributed by atoms with Gasteiger partial charge in [0.25, 0.3) is 0 Å². The quantitative estimate of drug-likeness (QED) is 0.714. The monoisotopic (exact) mass is 402 g/mol. The van der Waals surface area contributed by atoms with Gasteiger partial charge in [0, 0.05) is 24.4 Å². The summed E-state index contributed by atoms with van der Waals surface area (Å²) in [5.41, 5.74) is 0.319. The molecule has 4 aliphatic rings. The first-order chi connectivity index (χ1) is 13.7. The minimum absolute atomic E-state index is 0.0819. The molecule has 9 atom stereocenters. The first-order valence-electron chi connectivity index (χ1n) is 12.1. The largest absolute Gasteiger partial charge is 0.354 e. The second kappa shape index (κ2) is 7.66. The number of rotatable bonds is 4. The summed E-state index contributed by atoms with van der Waals surface area (Å²) >= 11 is 0. The summed E-state index contributed by atoms with van der Waals surface area (Å²) in [4.78, 5) is 26.5. The zero-order valence-corrected chi connectivity index (χ0v) is 19.2. The van der Waals surface area contributed by atoms with Crippen molar-refractivity contribution in [1.29, 1.82) is 0 Å². The Bertz CT molecular complexity index is 649. The van der Waals surface area contributed by atoms with Crippen molar-refractivity contribution in [2.45, 2.75) is 90.6 Å². The van der Waals surface area contributed by atoms with Crippen LogP contribution < -0.4 is 5.32 Å². The maximum Gasteiger partial charge on any atom is 0.217 e. The normalized spacial score (nSPS) is 47.7. The van der Waals surface area contributed by atoms with Crippen LogP contribution in [0.2, 0.25) is 0 Å². The van der Waals surface area contributed by atoms with E-state index in [2.05, 4.69) is 38.2 Å². The van der Waals surface area contributed by atoms with Crippen LogP contribution in [0.1, 0.15) is 78.6 Å². The molecule has 0 bridgehead atoms. The molecular weight excluding hydrogens is 360 g/mol. The number of carbonyl (C=O) groups is 2. The molecule has 164 valence electrons. The lowest BCUT2D eigenvalue weighted by Gasteiger charge is -2.61. The fraction of sp³-hybridized carbons (Fsp3) is 0.920. The van der Waals surface area contributed by atoms with Crippen LogP contribution in [0.25, 0.3) is 0 Å². The highest BCUT2D eigenvalue weighted by molar-refractivity contribution is 5.73. The molecule has 4 fully saturated rings. The lowest BCUT2D eigenvalue weighted by Crippen LogP contribution is -2.57. The number of hydrogen-bond acceptors (Lipinski definition) is 3. The van der Waals surface area contributed by atoms with E-state index < -0.39 is 0 Å². The van der Waals surface area contributed by atoms with E-state index in [1.165, 1.54) is 44.8 Å². The minimum Gasteiger partial charge on any atom is -0.354 e. The number of amides is 1. The van der Waals surface area contributed by atoms with Crippen LogP contribution in [0.15, 0.2) is 0 Å². The average molecular weight is 403 g/mol. The van der Waals surface area contributed by atoms with E-state index in [1.54, 1.807) is 6.92 Å². The Labute approximate surface area is 177 Å². The van der Waals surface area contributed by atoms with Crippen LogP contribution in [0, 0.1) is 40.4 Å². The molecule has 4 rings (SSSR count). The van der Waals surface area contributed by atoms with Crippen LogP contribution in [-0.2, 0) is 9.59 Å². The van der Waals surface area contributed by atoms with Gasteiger partial charge in [-0.3, -0.25) is 4.79 Å². The molecule has 0 aromatic carbocycles. The lowest BCUT2D eigenvalue weighted by molar-refractivity contribution is -0.144. The van der Waals surface area contributed by atoms with Gasteiger partial charge in [-0.15, -0.1) is 0 Å². The Morgan fingerprint density at radius 2 is 1.83 bits per heavy atom. The molecule has 0 spiro atoms. The van der Waals surface area contributed by atoms with Crippen molar-refractivity contribution >= 4 is 12.2 Å². The highest BCUT2D eigenvalue weighted by Crippen LogP contribution is 2.67. The average Bonchev–Trinajstić information content (AvgIpc) is 3.07. The van der Waals surface area contributed by atoms with Crippen molar-refractivity contribution in [3.8, 4) is 0 Å². The molecule has 0 radical (unpaired) electrons. The van der Waals surface area contributed by atoms with Crippen LogP contribution >= 0.6 is 0 Å². The summed E-state index contributed by atoms with van der Waals surface area (Å²) in [7, 11) is 4.34. The molecule has 0 aromatic rings. The van der Waals surface area contributed by atoms with Crippen molar-refractivity contribution in [1.82, 2.24) is 10.2 Å². The van der Waals surface area contributed by atoms with Gasteiger partial charge in [0.05, 0.1) is 0 Å². The Kier molecular flexibility index (Phi) is 5.63. The zero-order valence-electron chi connectivity index (χ0n) is 19.2. The summed E-state index contributed by atoms with van der Waals surface area (Å²) in [6.07, 6.45) is 12.3. The first kappa shape index (κ1) is 21.3.